The van der Waals surface area contributed by atoms with Crippen molar-refractivity contribution in [3.8, 4) is 28.4 Å². The first-order valence-electron chi connectivity index (χ1n) is 4.79. The molecule has 0 aliphatic rings. The summed E-state index contributed by atoms with van der Waals surface area (Å²) < 4.78 is 5.00. The van der Waals surface area contributed by atoms with Crippen molar-refractivity contribution in [3.05, 3.63) is 42.5 Å². The molecule has 0 aliphatic carbocycles. The Hall–Kier alpha value is -2.16. The third-order valence-corrected chi connectivity index (χ3v) is 2.29. The van der Waals surface area contributed by atoms with Gasteiger partial charge in [0.15, 0.2) is 11.5 Å². The number of phenolic OH excluding ortho intramolecular Hbond substituents is 2. The van der Waals surface area contributed by atoms with E-state index in [4.69, 9.17) is 4.74 Å². The maximum atomic E-state index is 9.90. The third-order valence-electron chi connectivity index (χ3n) is 2.29. The SMILES string of the molecule is COc1cc[c]c(-c2cccc(O)c2)c1O. The van der Waals surface area contributed by atoms with Gasteiger partial charge in [-0.25, -0.2) is 0 Å². The fourth-order valence-corrected chi connectivity index (χ4v) is 1.52. The van der Waals surface area contributed by atoms with Crippen molar-refractivity contribution in [1.82, 2.24) is 0 Å². The van der Waals surface area contributed by atoms with Gasteiger partial charge in [-0.1, -0.05) is 12.1 Å². The molecule has 81 valence electrons. The number of aromatic hydroxyl groups is 2. The summed E-state index contributed by atoms with van der Waals surface area (Å²) >= 11 is 0. The molecule has 3 nitrogen and oxygen atoms in total. The molecule has 2 N–H and O–H groups in total. The van der Waals surface area contributed by atoms with E-state index >= 15 is 0 Å². The minimum atomic E-state index is 0.0237. The van der Waals surface area contributed by atoms with Crippen LogP contribution < -0.4 is 4.74 Å². The molecule has 1 radical (unpaired) electrons. The number of rotatable bonds is 2. The minimum Gasteiger partial charge on any atom is -0.508 e. The van der Waals surface area contributed by atoms with Crippen LogP contribution in [0.5, 0.6) is 17.2 Å². The summed E-state index contributed by atoms with van der Waals surface area (Å²) in [5.41, 5.74) is 1.20. The number of ether oxygens (including phenoxy) is 1. The smallest absolute Gasteiger partial charge is 0.166 e. The van der Waals surface area contributed by atoms with Gasteiger partial charge in [-0.3, -0.25) is 0 Å². The molecular weight excluding hydrogens is 204 g/mol. The summed E-state index contributed by atoms with van der Waals surface area (Å²) in [6, 6.07) is 12.8. The molecule has 0 saturated carbocycles. The summed E-state index contributed by atoms with van der Waals surface area (Å²) in [6.45, 7) is 0. The molecule has 0 bridgehead atoms. The van der Waals surface area contributed by atoms with Crippen molar-refractivity contribution in [1.29, 1.82) is 0 Å². The Morgan fingerprint density at radius 1 is 1.19 bits per heavy atom. The Labute approximate surface area is 93.6 Å². The molecule has 2 rings (SSSR count). The van der Waals surface area contributed by atoms with Crippen LogP contribution in [0.15, 0.2) is 36.4 Å². The van der Waals surface area contributed by atoms with Crippen molar-refractivity contribution in [2.45, 2.75) is 0 Å². The highest BCUT2D eigenvalue weighted by Crippen LogP contribution is 2.37. The highest BCUT2D eigenvalue weighted by atomic mass is 16.5. The molecule has 2 aromatic carbocycles. The van der Waals surface area contributed by atoms with E-state index in [-0.39, 0.29) is 11.5 Å². The first kappa shape index (κ1) is 10.4. The molecule has 2 aromatic rings. The van der Waals surface area contributed by atoms with E-state index in [9.17, 15) is 10.2 Å². The molecule has 0 spiro atoms. The highest BCUT2D eigenvalue weighted by molar-refractivity contribution is 5.73. The Morgan fingerprint density at radius 3 is 2.69 bits per heavy atom. The van der Waals surface area contributed by atoms with Gasteiger partial charge in [0, 0.05) is 5.56 Å². The van der Waals surface area contributed by atoms with E-state index in [0.717, 1.165) is 0 Å². The van der Waals surface area contributed by atoms with E-state index in [2.05, 4.69) is 6.07 Å². The normalized spacial score (nSPS) is 10.1. The fourth-order valence-electron chi connectivity index (χ4n) is 1.52. The average Bonchev–Trinajstić information content (AvgIpc) is 2.29. The highest BCUT2D eigenvalue weighted by Gasteiger charge is 2.09. The minimum absolute atomic E-state index is 0.0237. The van der Waals surface area contributed by atoms with Gasteiger partial charge < -0.3 is 14.9 Å². The summed E-state index contributed by atoms with van der Waals surface area (Å²) in [5.74, 6) is 0.556. The lowest BCUT2D eigenvalue weighted by molar-refractivity contribution is 0.374. The molecule has 0 amide bonds. The number of hydrogen-bond donors (Lipinski definition) is 2. The quantitative estimate of drug-likeness (QED) is 0.809. The van der Waals surface area contributed by atoms with E-state index < -0.39 is 0 Å². The molecular formula is C13H11O3. The van der Waals surface area contributed by atoms with Crippen LogP contribution >= 0.6 is 0 Å². The van der Waals surface area contributed by atoms with Crippen molar-refractivity contribution in [3.63, 3.8) is 0 Å². The van der Waals surface area contributed by atoms with Gasteiger partial charge in [0.05, 0.1) is 7.11 Å². The van der Waals surface area contributed by atoms with Crippen LogP contribution in [0.3, 0.4) is 0 Å². The predicted octanol–water partition coefficient (Wildman–Crippen LogP) is 2.57. The van der Waals surface area contributed by atoms with Gasteiger partial charge >= 0.3 is 0 Å². The van der Waals surface area contributed by atoms with Crippen molar-refractivity contribution < 1.29 is 14.9 Å². The summed E-state index contributed by atoms with van der Waals surface area (Å²) in [7, 11) is 1.49. The summed E-state index contributed by atoms with van der Waals surface area (Å²) in [6.07, 6.45) is 0. The van der Waals surface area contributed by atoms with Gasteiger partial charge in [0.1, 0.15) is 5.75 Å². The van der Waals surface area contributed by atoms with Crippen molar-refractivity contribution in [2.75, 3.05) is 7.11 Å². The molecule has 0 fully saturated rings. The zero-order chi connectivity index (χ0) is 11.5. The number of benzene rings is 2. The second-order valence-electron chi connectivity index (χ2n) is 3.32. The summed E-state index contributed by atoms with van der Waals surface area (Å²) in [5, 5.41) is 19.3. The van der Waals surface area contributed by atoms with Crippen LogP contribution in [0.1, 0.15) is 0 Å². The average molecular weight is 215 g/mol. The van der Waals surface area contributed by atoms with Crippen LogP contribution in [0.2, 0.25) is 0 Å². The van der Waals surface area contributed by atoms with Gasteiger partial charge in [-0.05, 0) is 35.9 Å². The molecule has 0 atom stereocenters. The van der Waals surface area contributed by atoms with E-state index in [1.807, 2.05) is 0 Å². The molecule has 0 heterocycles. The van der Waals surface area contributed by atoms with Crippen molar-refractivity contribution in [2.24, 2.45) is 0 Å². The lowest BCUT2D eigenvalue weighted by atomic mass is 10.0. The lowest BCUT2D eigenvalue weighted by Crippen LogP contribution is -1.86. The second kappa shape index (κ2) is 4.14. The van der Waals surface area contributed by atoms with E-state index in [1.54, 1.807) is 36.4 Å². The molecule has 0 aromatic heterocycles. The maximum absolute atomic E-state index is 9.90. The second-order valence-corrected chi connectivity index (χ2v) is 3.32. The maximum Gasteiger partial charge on any atom is 0.166 e. The van der Waals surface area contributed by atoms with Crippen LogP contribution in [0, 0.1) is 6.07 Å². The van der Waals surface area contributed by atoms with Crippen LogP contribution in [-0.2, 0) is 0 Å². The van der Waals surface area contributed by atoms with Crippen molar-refractivity contribution >= 4 is 0 Å². The molecule has 0 unspecified atom stereocenters. The molecule has 16 heavy (non-hydrogen) atoms. The molecule has 3 heteroatoms. The Morgan fingerprint density at radius 2 is 2.00 bits per heavy atom. The first-order chi connectivity index (χ1) is 7.72. The van der Waals surface area contributed by atoms with Crippen LogP contribution in [0.25, 0.3) is 11.1 Å². The van der Waals surface area contributed by atoms with E-state index in [1.165, 1.54) is 7.11 Å². The standard InChI is InChI=1S/C13H11O3/c1-16-12-7-3-6-11(13(12)15)9-4-2-5-10(14)8-9/h2-5,7-8,14-15H,1H3. The zero-order valence-electron chi connectivity index (χ0n) is 8.77. The van der Waals surface area contributed by atoms with Gasteiger partial charge in [0.2, 0.25) is 0 Å². The van der Waals surface area contributed by atoms with Gasteiger partial charge in [-0.2, -0.15) is 0 Å². The number of hydrogen-bond acceptors (Lipinski definition) is 3. The largest absolute Gasteiger partial charge is 0.508 e. The Bertz CT molecular complexity index is 506. The van der Waals surface area contributed by atoms with Gasteiger partial charge in [0.25, 0.3) is 0 Å². The van der Waals surface area contributed by atoms with Crippen LogP contribution in [0.4, 0.5) is 0 Å². The Kier molecular flexibility index (Phi) is 2.68. The third kappa shape index (κ3) is 1.80. The topological polar surface area (TPSA) is 49.7 Å². The first-order valence-corrected chi connectivity index (χ1v) is 4.79. The van der Waals surface area contributed by atoms with Gasteiger partial charge in [-0.15, -0.1) is 0 Å². The molecule has 0 saturated heterocycles. The number of phenols is 2. The zero-order valence-corrected chi connectivity index (χ0v) is 8.77. The Balaban J connectivity index is 2.56. The molecule has 0 aliphatic heterocycles. The predicted molar refractivity (Wildman–Crippen MR) is 60.6 cm³/mol. The van der Waals surface area contributed by atoms with E-state index in [0.29, 0.717) is 16.9 Å². The monoisotopic (exact) mass is 215 g/mol. The number of methoxy groups -OCH3 is 1. The fraction of sp³-hybridized carbons (Fsp3) is 0.0769. The summed E-state index contributed by atoms with van der Waals surface area (Å²) in [4.78, 5) is 0. The lowest BCUT2D eigenvalue weighted by Gasteiger charge is -2.08. The van der Waals surface area contributed by atoms with Crippen LogP contribution in [-0.4, -0.2) is 17.3 Å².